The van der Waals surface area contributed by atoms with Crippen molar-refractivity contribution in [1.29, 1.82) is 0 Å². The van der Waals surface area contributed by atoms with E-state index in [4.69, 9.17) is 11.2 Å². The van der Waals surface area contributed by atoms with E-state index in [1.54, 1.807) is 0 Å². The molecule has 1 N–H and O–H groups in total. The Morgan fingerprint density at radius 2 is 2.11 bits per heavy atom. The molecule has 0 saturated carbocycles. The van der Waals surface area contributed by atoms with Gasteiger partial charge in [-0.3, -0.25) is 4.90 Å². The molecular formula is C15H28N2O. The molecule has 3 heteroatoms. The fourth-order valence-corrected chi connectivity index (χ4v) is 2.22. The lowest BCUT2D eigenvalue weighted by atomic mass is 10.1. The first-order chi connectivity index (χ1) is 8.72. The first-order valence-corrected chi connectivity index (χ1v) is 7.19. The van der Waals surface area contributed by atoms with Gasteiger partial charge in [0, 0.05) is 32.3 Å². The Kier molecular flexibility index (Phi) is 8.08. The van der Waals surface area contributed by atoms with Crippen molar-refractivity contribution in [2.24, 2.45) is 5.92 Å². The maximum Gasteiger partial charge on any atom is 0.0598 e. The predicted octanol–water partition coefficient (Wildman–Crippen LogP) is 1.74. The van der Waals surface area contributed by atoms with Gasteiger partial charge < -0.3 is 10.1 Å². The molecule has 104 valence electrons. The molecule has 0 bridgehead atoms. The number of ether oxygens (including phenoxy) is 1. The summed E-state index contributed by atoms with van der Waals surface area (Å²) in [7, 11) is 0. The zero-order chi connectivity index (χ0) is 13.2. The maximum absolute atomic E-state index is 5.56. The maximum atomic E-state index is 5.56. The van der Waals surface area contributed by atoms with Crippen LogP contribution in [0.15, 0.2) is 0 Å². The third-order valence-corrected chi connectivity index (χ3v) is 3.25. The van der Waals surface area contributed by atoms with E-state index in [1.165, 1.54) is 12.8 Å². The minimum atomic E-state index is 0.637. The molecule has 0 aromatic rings. The van der Waals surface area contributed by atoms with E-state index >= 15 is 0 Å². The van der Waals surface area contributed by atoms with Gasteiger partial charge in [0.2, 0.25) is 0 Å². The Balaban J connectivity index is 1.93. The number of piperidine rings is 1. The van der Waals surface area contributed by atoms with Gasteiger partial charge in [0.05, 0.1) is 6.54 Å². The van der Waals surface area contributed by atoms with Gasteiger partial charge in [-0.2, -0.15) is 0 Å². The second-order valence-corrected chi connectivity index (χ2v) is 5.53. The number of terminal acetylenes is 1. The van der Waals surface area contributed by atoms with Crippen LogP contribution >= 0.6 is 0 Å². The van der Waals surface area contributed by atoms with Crippen LogP contribution in [0.1, 0.15) is 33.1 Å². The van der Waals surface area contributed by atoms with E-state index in [0.717, 1.165) is 45.8 Å². The van der Waals surface area contributed by atoms with Crippen LogP contribution < -0.4 is 5.32 Å². The molecule has 0 unspecified atom stereocenters. The van der Waals surface area contributed by atoms with Crippen molar-refractivity contribution in [3.63, 3.8) is 0 Å². The van der Waals surface area contributed by atoms with Gasteiger partial charge >= 0.3 is 0 Å². The summed E-state index contributed by atoms with van der Waals surface area (Å²) < 4.78 is 5.56. The van der Waals surface area contributed by atoms with E-state index in [2.05, 4.69) is 30.0 Å². The third kappa shape index (κ3) is 7.00. The second kappa shape index (κ2) is 9.38. The van der Waals surface area contributed by atoms with Crippen LogP contribution in [-0.2, 0) is 4.74 Å². The fourth-order valence-electron chi connectivity index (χ4n) is 2.22. The largest absolute Gasteiger partial charge is 0.381 e. The minimum Gasteiger partial charge on any atom is -0.381 e. The molecule has 18 heavy (non-hydrogen) atoms. The molecule has 0 aromatic heterocycles. The quantitative estimate of drug-likeness (QED) is 0.526. The molecule has 0 atom stereocenters. The van der Waals surface area contributed by atoms with Crippen molar-refractivity contribution >= 4 is 0 Å². The topological polar surface area (TPSA) is 24.5 Å². The molecule has 1 saturated heterocycles. The molecule has 0 amide bonds. The number of nitrogens with zero attached hydrogens (tertiary/aromatic N) is 1. The number of hydrogen-bond acceptors (Lipinski definition) is 3. The third-order valence-electron chi connectivity index (χ3n) is 3.25. The van der Waals surface area contributed by atoms with Gasteiger partial charge in [0.1, 0.15) is 0 Å². The molecule has 1 aliphatic heterocycles. The highest BCUT2D eigenvalue weighted by Gasteiger charge is 2.17. The SMILES string of the molecule is C#CCN1CCC(NCCCOCC(C)C)CC1. The molecule has 1 fully saturated rings. The van der Waals surface area contributed by atoms with Crippen LogP contribution in [0.2, 0.25) is 0 Å². The van der Waals surface area contributed by atoms with Crippen molar-refractivity contribution in [2.75, 3.05) is 39.4 Å². The van der Waals surface area contributed by atoms with Gasteiger partial charge in [0.25, 0.3) is 0 Å². The van der Waals surface area contributed by atoms with Gasteiger partial charge in [0.15, 0.2) is 0 Å². The monoisotopic (exact) mass is 252 g/mol. The zero-order valence-electron chi connectivity index (χ0n) is 12.0. The summed E-state index contributed by atoms with van der Waals surface area (Å²) >= 11 is 0. The summed E-state index contributed by atoms with van der Waals surface area (Å²) in [5.41, 5.74) is 0. The molecule has 1 aliphatic rings. The Morgan fingerprint density at radius 3 is 2.72 bits per heavy atom. The van der Waals surface area contributed by atoms with Crippen molar-refractivity contribution in [2.45, 2.75) is 39.2 Å². The highest BCUT2D eigenvalue weighted by atomic mass is 16.5. The van der Waals surface area contributed by atoms with Crippen LogP contribution in [0.3, 0.4) is 0 Å². The zero-order valence-corrected chi connectivity index (χ0v) is 12.0. The molecule has 0 radical (unpaired) electrons. The summed E-state index contributed by atoms with van der Waals surface area (Å²) in [6, 6.07) is 0.670. The molecule has 1 rings (SSSR count). The van der Waals surface area contributed by atoms with E-state index in [9.17, 15) is 0 Å². The van der Waals surface area contributed by atoms with Crippen molar-refractivity contribution < 1.29 is 4.74 Å². The second-order valence-electron chi connectivity index (χ2n) is 5.53. The summed E-state index contributed by atoms with van der Waals surface area (Å²) in [4.78, 5) is 2.35. The lowest BCUT2D eigenvalue weighted by molar-refractivity contribution is 0.106. The normalized spacial score (nSPS) is 18.1. The standard InChI is InChI=1S/C15H28N2O/c1-4-9-17-10-6-15(7-11-17)16-8-5-12-18-13-14(2)3/h1,14-16H,5-13H2,2-3H3. The number of rotatable bonds is 8. The molecule has 0 aromatic carbocycles. The van der Waals surface area contributed by atoms with Crippen LogP contribution in [0.5, 0.6) is 0 Å². The van der Waals surface area contributed by atoms with Crippen LogP contribution in [0.25, 0.3) is 0 Å². The predicted molar refractivity (Wildman–Crippen MR) is 76.6 cm³/mol. The van der Waals surface area contributed by atoms with E-state index < -0.39 is 0 Å². The Labute approximate surface area is 112 Å². The van der Waals surface area contributed by atoms with E-state index in [1.807, 2.05) is 0 Å². The van der Waals surface area contributed by atoms with Crippen LogP contribution in [-0.4, -0.2) is 50.3 Å². The molecule has 1 heterocycles. The highest BCUT2D eigenvalue weighted by Crippen LogP contribution is 2.09. The lowest BCUT2D eigenvalue weighted by Crippen LogP contribution is -2.42. The number of nitrogens with one attached hydrogen (secondary N) is 1. The number of hydrogen-bond donors (Lipinski definition) is 1. The molecular weight excluding hydrogens is 224 g/mol. The van der Waals surface area contributed by atoms with Crippen LogP contribution in [0, 0.1) is 18.3 Å². The van der Waals surface area contributed by atoms with E-state index in [-0.39, 0.29) is 0 Å². The van der Waals surface area contributed by atoms with Crippen LogP contribution in [0.4, 0.5) is 0 Å². The average Bonchev–Trinajstić information content (AvgIpc) is 2.35. The minimum absolute atomic E-state index is 0.637. The fraction of sp³-hybridized carbons (Fsp3) is 0.867. The van der Waals surface area contributed by atoms with Gasteiger partial charge in [-0.25, -0.2) is 0 Å². The Hall–Kier alpha value is -0.560. The lowest BCUT2D eigenvalue weighted by Gasteiger charge is -2.31. The molecule has 0 spiro atoms. The smallest absolute Gasteiger partial charge is 0.0598 e. The van der Waals surface area contributed by atoms with E-state index in [0.29, 0.717) is 12.0 Å². The van der Waals surface area contributed by atoms with Crippen molar-refractivity contribution in [3.8, 4) is 12.3 Å². The van der Waals surface area contributed by atoms with Crippen molar-refractivity contribution in [1.82, 2.24) is 10.2 Å². The Bertz CT molecular complexity index is 239. The highest BCUT2D eigenvalue weighted by molar-refractivity contribution is 4.90. The summed E-state index contributed by atoms with van der Waals surface area (Å²) in [5, 5.41) is 3.61. The summed E-state index contributed by atoms with van der Waals surface area (Å²) in [6.07, 6.45) is 8.86. The van der Waals surface area contributed by atoms with Crippen molar-refractivity contribution in [3.05, 3.63) is 0 Å². The summed E-state index contributed by atoms with van der Waals surface area (Å²) in [5.74, 6) is 3.35. The average molecular weight is 252 g/mol. The number of likely N-dealkylation sites (tertiary alicyclic amines) is 1. The van der Waals surface area contributed by atoms with Gasteiger partial charge in [-0.05, 0) is 31.7 Å². The first-order valence-electron chi connectivity index (χ1n) is 7.19. The molecule has 3 nitrogen and oxygen atoms in total. The first kappa shape index (κ1) is 15.5. The molecule has 0 aliphatic carbocycles. The Morgan fingerprint density at radius 1 is 1.39 bits per heavy atom. The van der Waals surface area contributed by atoms with Gasteiger partial charge in [-0.15, -0.1) is 6.42 Å². The summed E-state index contributed by atoms with van der Waals surface area (Å²) in [6.45, 7) is 10.3. The van der Waals surface area contributed by atoms with Gasteiger partial charge in [-0.1, -0.05) is 19.8 Å².